The Morgan fingerprint density at radius 3 is 2.29 bits per heavy atom. The van der Waals surface area contributed by atoms with Crippen molar-refractivity contribution in [2.24, 2.45) is 0 Å². The smallest absolute Gasteiger partial charge is 0.442 e. The molecule has 0 aliphatic carbocycles. The van der Waals surface area contributed by atoms with Crippen molar-refractivity contribution in [1.82, 2.24) is 24.4 Å². The highest BCUT2D eigenvalue weighted by atomic mass is 19.1. The fraction of sp³-hybridized carbons (Fsp3) is 0.405. The minimum absolute atomic E-state index is 0.0836. The average molecular weight is 668 g/mol. The van der Waals surface area contributed by atoms with Crippen LogP contribution in [-0.2, 0) is 4.74 Å². The standard InChI is InChI=1S/C37H42FN7O4/c1-21(2)29-32(30(22(3)4)40-20-39-29)44-34-27(18-28(38)31(45(34)48)26-15-11-13-24-12-9-10-14-25(24)26)33(41-35(44)46)43-17-16-42(19-23(43)5)36(47)49-37(6,7)8/h9-15,18,20-23H,16-17,19H2,1-8H3/t23-/m0/s1. The van der Waals surface area contributed by atoms with Crippen LogP contribution in [0.5, 0.6) is 0 Å². The number of benzene rings is 2. The lowest BCUT2D eigenvalue weighted by atomic mass is 10.00. The zero-order valence-electron chi connectivity index (χ0n) is 29.2. The van der Waals surface area contributed by atoms with Gasteiger partial charge in [0.25, 0.3) is 0 Å². The first kappa shape index (κ1) is 33.8. The van der Waals surface area contributed by atoms with Crippen molar-refractivity contribution in [2.45, 2.75) is 78.9 Å². The fourth-order valence-corrected chi connectivity index (χ4v) is 6.58. The molecule has 0 bridgehead atoms. The highest BCUT2D eigenvalue weighted by Gasteiger charge is 2.36. The zero-order valence-corrected chi connectivity index (χ0v) is 29.2. The predicted octanol–water partition coefficient (Wildman–Crippen LogP) is 6.46. The maximum atomic E-state index is 16.6. The lowest BCUT2D eigenvalue weighted by Gasteiger charge is -2.40. The summed E-state index contributed by atoms with van der Waals surface area (Å²) in [6.45, 7) is 15.9. The Labute approximate surface area is 284 Å². The van der Waals surface area contributed by atoms with Gasteiger partial charge in [-0.3, -0.25) is 0 Å². The molecule has 0 N–H and O–H groups in total. The van der Waals surface area contributed by atoms with Crippen molar-refractivity contribution in [3.05, 3.63) is 87.8 Å². The van der Waals surface area contributed by atoms with Gasteiger partial charge >= 0.3 is 17.4 Å². The normalized spacial score (nSPS) is 15.5. The van der Waals surface area contributed by atoms with Crippen LogP contribution in [0.4, 0.5) is 15.0 Å². The first-order valence-electron chi connectivity index (χ1n) is 16.6. The third kappa shape index (κ3) is 6.15. The lowest BCUT2D eigenvalue weighted by molar-refractivity contribution is -0.569. The molecule has 5 aromatic rings. The van der Waals surface area contributed by atoms with Gasteiger partial charge < -0.3 is 19.7 Å². The van der Waals surface area contributed by atoms with Gasteiger partial charge in [-0.15, -0.1) is 4.57 Å². The van der Waals surface area contributed by atoms with Crippen LogP contribution in [0, 0.1) is 11.0 Å². The number of carbonyl (C=O) groups excluding carboxylic acids is 1. The van der Waals surface area contributed by atoms with Crippen LogP contribution < -0.4 is 15.3 Å². The van der Waals surface area contributed by atoms with Gasteiger partial charge in [0, 0.05) is 31.2 Å². The number of ether oxygens (including phenoxy) is 1. The monoisotopic (exact) mass is 667 g/mol. The third-order valence-corrected chi connectivity index (χ3v) is 8.77. The summed E-state index contributed by atoms with van der Waals surface area (Å²) in [6, 6.07) is 13.8. The van der Waals surface area contributed by atoms with Gasteiger partial charge in [-0.05, 0) is 62.4 Å². The van der Waals surface area contributed by atoms with Crippen molar-refractivity contribution in [2.75, 3.05) is 24.5 Å². The molecule has 1 atom stereocenters. The number of piperazine rings is 1. The Morgan fingerprint density at radius 2 is 1.65 bits per heavy atom. The maximum absolute atomic E-state index is 16.6. The van der Waals surface area contributed by atoms with E-state index in [9.17, 15) is 14.8 Å². The van der Waals surface area contributed by atoms with Crippen LogP contribution in [0.15, 0.2) is 59.7 Å². The molecule has 1 saturated heterocycles. The van der Waals surface area contributed by atoms with Crippen LogP contribution in [0.2, 0.25) is 0 Å². The predicted molar refractivity (Wildman–Crippen MR) is 188 cm³/mol. The Balaban J connectivity index is 1.64. The van der Waals surface area contributed by atoms with Gasteiger partial charge in [0.1, 0.15) is 17.3 Å². The van der Waals surface area contributed by atoms with E-state index in [2.05, 4.69) is 15.0 Å². The number of aromatic nitrogens is 5. The van der Waals surface area contributed by atoms with E-state index in [-0.39, 0.29) is 60.1 Å². The van der Waals surface area contributed by atoms with E-state index in [0.29, 0.717) is 32.8 Å². The van der Waals surface area contributed by atoms with Gasteiger partial charge in [-0.1, -0.05) is 64.1 Å². The average Bonchev–Trinajstić information content (AvgIpc) is 3.03. The van der Waals surface area contributed by atoms with Gasteiger partial charge in [-0.25, -0.2) is 28.7 Å². The summed E-state index contributed by atoms with van der Waals surface area (Å²) in [7, 11) is 0. The van der Waals surface area contributed by atoms with E-state index in [1.807, 2.05) is 90.6 Å². The van der Waals surface area contributed by atoms with Gasteiger partial charge in [-0.2, -0.15) is 4.98 Å². The van der Waals surface area contributed by atoms with Gasteiger partial charge in [0.15, 0.2) is 23.0 Å². The van der Waals surface area contributed by atoms with Crippen molar-refractivity contribution >= 4 is 33.7 Å². The molecule has 6 rings (SSSR count). The van der Waals surface area contributed by atoms with E-state index in [1.54, 1.807) is 17.0 Å². The fourth-order valence-electron chi connectivity index (χ4n) is 6.58. The van der Waals surface area contributed by atoms with Crippen molar-refractivity contribution in [3.8, 4) is 16.9 Å². The molecule has 0 unspecified atom stereocenters. The molecule has 0 spiro atoms. The third-order valence-electron chi connectivity index (χ3n) is 8.77. The first-order chi connectivity index (χ1) is 23.2. The summed E-state index contributed by atoms with van der Waals surface area (Å²) in [4.78, 5) is 44.4. The number of anilines is 1. The molecule has 0 saturated carbocycles. The number of carbonyl (C=O) groups is 1. The molecular formula is C37H42FN7O4. The zero-order chi connectivity index (χ0) is 35.4. The summed E-state index contributed by atoms with van der Waals surface area (Å²) in [5.41, 5.74) is 0.199. The van der Waals surface area contributed by atoms with Gasteiger partial charge in [0.05, 0.1) is 11.4 Å². The number of nitrogens with zero attached hydrogens (tertiary/aromatic N) is 7. The SMILES string of the molecule is CC(C)c1ncnc(C(C)C)c1-n1c(=O)nc(N2CCN(C(=O)OC(C)(C)C)C[C@@H]2C)c2cc(F)c(-c3cccc4ccccc34)[n+]([O-])c21. The summed E-state index contributed by atoms with van der Waals surface area (Å²) in [5.74, 6) is -0.883. The summed E-state index contributed by atoms with van der Waals surface area (Å²) in [6.07, 6.45) is 1.02. The quantitative estimate of drug-likeness (QED) is 0.155. The Morgan fingerprint density at radius 1 is 1.00 bits per heavy atom. The summed E-state index contributed by atoms with van der Waals surface area (Å²) in [5, 5.41) is 16.5. The molecule has 256 valence electrons. The molecular weight excluding hydrogens is 625 g/mol. The van der Waals surface area contributed by atoms with Crippen molar-refractivity contribution in [3.63, 3.8) is 0 Å². The number of halogens is 1. The van der Waals surface area contributed by atoms with Crippen LogP contribution >= 0.6 is 0 Å². The molecule has 11 nitrogen and oxygen atoms in total. The number of amides is 1. The van der Waals surface area contributed by atoms with Crippen molar-refractivity contribution < 1.29 is 18.7 Å². The second kappa shape index (κ2) is 12.7. The molecule has 1 aliphatic heterocycles. The van der Waals surface area contributed by atoms with E-state index in [4.69, 9.17) is 4.74 Å². The molecule has 3 aromatic heterocycles. The number of rotatable bonds is 5. The Hall–Kier alpha value is -5.13. The topological polar surface area (TPSA) is 120 Å². The molecule has 49 heavy (non-hydrogen) atoms. The summed E-state index contributed by atoms with van der Waals surface area (Å²) >= 11 is 0. The van der Waals surface area contributed by atoms with Gasteiger partial charge in [0.2, 0.25) is 0 Å². The maximum Gasteiger partial charge on any atom is 0.442 e. The van der Waals surface area contributed by atoms with E-state index in [0.717, 1.165) is 5.39 Å². The van der Waals surface area contributed by atoms with Crippen LogP contribution in [-0.4, -0.2) is 61.8 Å². The largest absolute Gasteiger partial charge is 0.710 e. The molecule has 1 amide bonds. The summed E-state index contributed by atoms with van der Waals surface area (Å²) < 4.78 is 23.9. The Bertz CT molecular complexity index is 2110. The lowest BCUT2D eigenvalue weighted by Crippen LogP contribution is -2.55. The minimum atomic E-state index is -0.760. The van der Waals surface area contributed by atoms with Crippen LogP contribution in [0.25, 0.3) is 38.8 Å². The number of fused-ring (bicyclic) bond motifs is 2. The Kier molecular flexibility index (Phi) is 8.76. The molecule has 4 heterocycles. The number of hydrogen-bond acceptors (Lipinski definition) is 8. The van der Waals surface area contributed by atoms with E-state index >= 15 is 4.39 Å². The van der Waals surface area contributed by atoms with Crippen LogP contribution in [0.1, 0.15) is 78.6 Å². The van der Waals surface area contributed by atoms with E-state index in [1.165, 1.54) is 17.0 Å². The first-order valence-corrected chi connectivity index (χ1v) is 16.6. The molecule has 2 aromatic carbocycles. The molecule has 0 radical (unpaired) electrons. The number of hydrogen-bond donors (Lipinski definition) is 0. The van der Waals surface area contributed by atoms with Crippen LogP contribution in [0.3, 0.4) is 0 Å². The second-order valence-corrected chi connectivity index (χ2v) is 14.2. The molecule has 1 aliphatic rings. The second-order valence-electron chi connectivity index (χ2n) is 14.2. The number of pyridine rings is 1. The molecule has 12 heteroatoms. The highest BCUT2D eigenvalue weighted by molar-refractivity contribution is 5.96. The highest BCUT2D eigenvalue weighted by Crippen LogP contribution is 2.35. The minimum Gasteiger partial charge on any atom is -0.710 e. The van der Waals surface area contributed by atoms with E-state index < -0.39 is 23.2 Å². The molecule has 1 fully saturated rings. The van der Waals surface area contributed by atoms with Crippen molar-refractivity contribution in [1.29, 1.82) is 0 Å².